The molecule has 1 amide bonds. The summed E-state index contributed by atoms with van der Waals surface area (Å²) in [6, 6.07) is 4.60. The van der Waals surface area contributed by atoms with E-state index in [4.69, 9.17) is 10.5 Å². The number of rotatable bonds is 7. The highest BCUT2D eigenvalue weighted by Crippen LogP contribution is 2.18. The molecule has 0 saturated carbocycles. The van der Waals surface area contributed by atoms with Crippen LogP contribution in [0.3, 0.4) is 0 Å². The lowest BCUT2D eigenvalue weighted by Gasteiger charge is -2.08. The molecule has 0 radical (unpaired) electrons. The molecule has 3 N–H and O–H groups in total. The first-order chi connectivity index (χ1) is 8.67. The predicted molar refractivity (Wildman–Crippen MR) is 67.9 cm³/mol. The van der Waals surface area contributed by atoms with Crippen molar-refractivity contribution in [2.75, 3.05) is 19.7 Å². The van der Waals surface area contributed by atoms with Crippen LogP contribution in [0.25, 0.3) is 0 Å². The summed E-state index contributed by atoms with van der Waals surface area (Å²) in [6.07, 6.45) is 2.16. The third kappa shape index (κ3) is 4.55. The van der Waals surface area contributed by atoms with Gasteiger partial charge in [0, 0.05) is 6.54 Å². The van der Waals surface area contributed by atoms with Gasteiger partial charge in [-0.3, -0.25) is 4.79 Å². The van der Waals surface area contributed by atoms with Gasteiger partial charge >= 0.3 is 0 Å². The number of nitrogens with two attached hydrogens (primary N) is 1. The number of carbonyl (C=O) groups is 1. The van der Waals surface area contributed by atoms with E-state index in [-0.39, 0.29) is 18.3 Å². The summed E-state index contributed by atoms with van der Waals surface area (Å²) in [7, 11) is 0. The van der Waals surface area contributed by atoms with E-state index in [1.165, 1.54) is 12.1 Å². The van der Waals surface area contributed by atoms with Crippen molar-refractivity contribution in [1.82, 2.24) is 5.32 Å². The zero-order valence-corrected chi connectivity index (χ0v) is 10.1. The molecular formula is C13H17FN2O2. The molecule has 0 aliphatic heterocycles. The zero-order chi connectivity index (χ0) is 13.4. The molecule has 1 aromatic carbocycles. The van der Waals surface area contributed by atoms with Gasteiger partial charge in [0.2, 0.25) is 0 Å². The molecule has 0 spiro atoms. The Bertz CT molecular complexity index is 421. The molecule has 5 heteroatoms. The number of halogens is 1. The Morgan fingerprint density at radius 3 is 2.94 bits per heavy atom. The van der Waals surface area contributed by atoms with Crippen LogP contribution in [-0.4, -0.2) is 25.6 Å². The zero-order valence-electron chi connectivity index (χ0n) is 10.1. The van der Waals surface area contributed by atoms with Crippen LogP contribution in [0.1, 0.15) is 5.56 Å². The summed E-state index contributed by atoms with van der Waals surface area (Å²) in [6.45, 7) is 4.07. The van der Waals surface area contributed by atoms with Crippen molar-refractivity contribution in [3.8, 4) is 5.75 Å². The van der Waals surface area contributed by atoms with Crippen LogP contribution in [-0.2, 0) is 11.2 Å². The van der Waals surface area contributed by atoms with Crippen LogP contribution >= 0.6 is 0 Å². The Balaban J connectivity index is 2.52. The smallest absolute Gasteiger partial charge is 0.258 e. The topological polar surface area (TPSA) is 64.3 Å². The van der Waals surface area contributed by atoms with Gasteiger partial charge in [-0.1, -0.05) is 12.1 Å². The van der Waals surface area contributed by atoms with Gasteiger partial charge < -0.3 is 15.8 Å². The summed E-state index contributed by atoms with van der Waals surface area (Å²) in [4.78, 5) is 11.2. The van der Waals surface area contributed by atoms with Crippen molar-refractivity contribution >= 4 is 5.91 Å². The number of benzene rings is 1. The minimum atomic E-state index is -0.488. The van der Waals surface area contributed by atoms with Crippen LogP contribution in [0, 0.1) is 5.82 Å². The maximum absolute atomic E-state index is 13.6. The average Bonchev–Trinajstić information content (AvgIpc) is 2.35. The lowest BCUT2D eigenvalue weighted by molar-refractivity contribution is -0.122. The molecule has 1 aromatic rings. The van der Waals surface area contributed by atoms with E-state index in [0.29, 0.717) is 19.5 Å². The Kier molecular flexibility index (Phi) is 5.87. The van der Waals surface area contributed by atoms with Crippen molar-refractivity contribution in [2.45, 2.75) is 6.42 Å². The van der Waals surface area contributed by atoms with E-state index in [2.05, 4.69) is 11.9 Å². The first-order valence-corrected chi connectivity index (χ1v) is 5.66. The van der Waals surface area contributed by atoms with Crippen LogP contribution in [0.15, 0.2) is 30.9 Å². The monoisotopic (exact) mass is 252 g/mol. The van der Waals surface area contributed by atoms with Gasteiger partial charge in [0.05, 0.1) is 0 Å². The minimum Gasteiger partial charge on any atom is -0.481 e. The summed E-state index contributed by atoms with van der Waals surface area (Å²) in [5.74, 6) is -0.748. The van der Waals surface area contributed by atoms with Crippen LogP contribution in [0.2, 0.25) is 0 Å². The minimum absolute atomic E-state index is 0.0597. The van der Waals surface area contributed by atoms with E-state index in [1.807, 2.05) is 0 Å². The Morgan fingerprint density at radius 1 is 1.56 bits per heavy atom. The Hall–Kier alpha value is -1.88. The molecule has 0 aliphatic rings. The first kappa shape index (κ1) is 14.2. The first-order valence-electron chi connectivity index (χ1n) is 5.66. The third-order valence-corrected chi connectivity index (χ3v) is 2.23. The second-order valence-electron chi connectivity index (χ2n) is 3.68. The molecule has 0 atom stereocenters. The van der Waals surface area contributed by atoms with Crippen molar-refractivity contribution in [3.63, 3.8) is 0 Å². The number of hydrogen-bond acceptors (Lipinski definition) is 3. The third-order valence-electron chi connectivity index (χ3n) is 2.23. The Labute approximate surface area is 106 Å². The van der Waals surface area contributed by atoms with Crippen molar-refractivity contribution < 1.29 is 13.9 Å². The highest BCUT2D eigenvalue weighted by Gasteiger charge is 2.07. The molecule has 0 saturated heterocycles. The highest BCUT2D eigenvalue weighted by atomic mass is 19.1. The molecule has 0 aromatic heterocycles. The van der Waals surface area contributed by atoms with Crippen molar-refractivity contribution in [1.29, 1.82) is 0 Å². The fourth-order valence-electron chi connectivity index (χ4n) is 1.36. The number of carbonyl (C=O) groups excluding carboxylic acids is 1. The quantitative estimate of drug-likeness (QED) is 0.712. The summed E-state index contributed by atoms with van der Waals surface area (Å²) in [5.41, 5.74) is 6.18. The second-order valence-corrected chi connectivity index (χ2v) is 3.68. The molecule has 0 heterocycles. The Morgan fingerprint density at radius 2 is 2.33 bits per heavy atom. The maximum Gasteiger partial charge on any atom is 0.258 e. The van der Waals surface area contributed by atoms with Gasteiger partial charge in [0.1, 0.15) is 0 Å². The number of nitrogens with one attached hydrogen (secondary N) is 1. The highest BCUT2D eigenvalue weighted by molar-refractivity contribution is 5.77. The van der Waals surface area contributed by atoms with Gasteiger partial charge in [-0.25, -0.2) is 4.39 Å². The molecule has 0 bridgehead atoms. The van der Waals surface area contributed by atoms with E-state index >= 15 is 0 Å². The van der Waals surface area contributed by atoms with Gasteiger partial charge in [0.15, 0.2) is 18.2 Å². The van der Waals surface area contributed by atoms with Gasteiger partial charge in [0.25, 0.3) is 5.91 Å². The number of ether oxygens (including phenoxy) is 1. The van der Waals surface area contributed by atoms with Crippen molar-refractivity contribution in [2.24, 2.45) is 5.73 Å². The van der Waals surface area contributed by atoms with Gasteiger partial charge in [-0.05, 0) is 30.7 Å². The fourth-order valence-corrected chi connectivity index (χ4v) is 1.36. The van der Waals surface area contributed by atoms with Gasteiger partial charge in [-0.15, -0.1) is 6.58 Å². The average molecular weight is 252 g/mol. The lowest BCUT2D eigenvalue weighted by Crippen LogP contribution is -2.28. The lowest BCUT2D eigenvalue weighted by atomic mass is 10.1. The molecule has 0 fully saturated rings. The summed E-state index contributed by atoms with van der Waals surface area (Å²) in [5, 5.41) is 2.53. The van der Waals surface area contributed by atoms with E-state index in [1.54, 1.807) is 12.1 Å². The molecular weight excluding hydrogens is 235 g/mol. The summed E-state index contributed by atoms with van der Waals surface area (Å²) >= 11 is 0. The molecule has 98 valence electrons. The predicted octanol–water partition coefficient (Wildman–Crippen LogP) is 1.01. The van der Waals surface area contributed by atoms with Gasteiger partial charge in [-0.2, -0.15) is 0 Å². The molecule has 4 nitrogen and oxygen atoms in total. The molecule has 0 aliphatic carbocycles. The largest absolute Gasteiger partial charge is 0.481 e. The molecule has 18 heavy (non-hydrogen) atoms. The molecule has 1 rings (SSSR count). The number of hydrogen-bond donors (Lipinski definition) is 2. The van der Waals surface area contributed by atoms with Crippen molar-refractivity contribution in [3.05, 3.63) is 42.2 Å². The SMILES string of the molecule is C=CCNC(=O)COc1ccc(CCN)cc1F. The molecule has 0 unspecified atom stereocenters. The van der Waals surface area contributed by atoms with Crippen LogP contribution in [0.4, 0.5) is 4.39 Å². The van der Waals surface area contributed by atoms with Crippen LogP contribution in [0.5, 0.6) is 5.75 Å². The van der Waals surface area contributed by atoms with E-state index in [9.17, 15) is 9.18 Å². The van der Waals surface area contributed by atoms with E-state index in [0.717, 1.165) is 5.56 Å². The second kappa shape index (κ2) is 7.45. The number of amides is 1. The normalized spacial score (nSPS) is 9.89. The summed E-state index contributed by atoms with van der Waals surface area (Å²) < 4.78 is 18.6. The standard InChI is InChI=1S/C13H17FN2O2/c1-2-7-16-13(17)9-18-12-4-3-10(5-6-15)8-11(12)14/h2-4,8H,1,5-7,9,15H2,(H,16,17). The fraction of sp³-hybridized carbons (Fsp3) is 0.308. The maximum atomic E-state index is 13.6. The van der Waals surface area contributed by atoms with E-state index < -0.39 is 5.82 Å². The van der Waals surface area contributed by atoms with Crippen LogP contribution < -0.4 is 15.8 Å².